The van der Waals surface area contributed by atoms with Crippen LogP contribution in [-0.4, -0.2) is 30.2 Å². The summed E-state index contributed by atoms with van der Waals surface area (Å²) in [4.78, 5) is 20.3. The molecule has 20 heavy (non-hydrogen) atoms. The molecule has 0 aliphatic carbocycles. The maximum atomic E-state index is 11.7. The lowest BCUT2D eigenvalue weighted by molar-refractivity contribution is -0.385. The molecule has 110 valence electrons. The van der Waals surface area contributed by atoms with Crippen LogP contribution < -0.4 is 4.72 Å². The van der Waals surface area contributed by atoms with E-state index in [1.54, 1.807) is 0 Å². The van der Waals surface area contributed by atoms with Crippen molar-refractivity contribution in [3.05, 3.63) is 32.8 Å². The fourth-order valence-corrected chi connectivity index (χ4v) is 3.00. The number of anilines is 1. The lowest BCUT2D eigenvalue weighted by Crippen LogP contribution is -2.17. The van der Waals surface area contributed by atoms with Gasteiger partial charge in [-0.15, -0.1) is 0 Å². The minimum Gasteiger partial charge on any atom is -0.481 e. The van der Waals surface area contributed by atoms with Crippen molar-refractivity contribution < 1.29 is 23.2 Å². The van der Waals surface area contributed by atoms with E-state index in [0.717, 1.165) is 0 Å². The predicted molar refractivity (Wildman–Crippen MR) is 75.1 cm³/mol. The zero-order valence-electron chi connectivity index (χ0n) is 10.1. The van der Waals surface area contributed by atoms with Gasteiger partial charge in [0, 0.05) is 12.5 Å². The summed E-state index contributed by atoms with van der Waals surface area (Å²) in [6.45, 7) is 0. The van der Waals surface area contributed by atoms with Crippen LogP contribution in [0.2, 0.25) is 0 Å². The van der Waals surface area contributed by atoms with Gasteiger partial charge in [-0.3, -0.25) is 19.6 Å². The molecule has 8 nitrogen and oxygen atoms in total. The molecule has 1 aromatic carbocycles. The van der Waals surface area contributed by atoms with E-state index >= 15 is 0 Å². The van der Waals surface area contributed by atoms with Gasteiger partial charge >= 0.3 is 5.97 Å². The van der Waals surface area contributed by atoms with Gasteiger partial charge < -0.3 is 5.11 Å². The Balaban J connectivity index is 2.75. The topological polar surface area (TPSA) is 127 Å². The number of carbonyl (C=O) groups is 1. The van der Waals surface area contributed by atoms with Gasteiger partial charge in [0.25, 0.3) is 5.69 Å². The number of hydrogen-bond donors (Lipinski definition) is 2. The van der Waals surface area contributed by atoms with Crippen LogP contribution in [-0.2, 0) is 14.8 Å². The number of carboxylic acid groups (broad SMARTS) is 1. The summed E-state index contributed by atoms with van der Waals surface area (Å²) in [7, 11) is -3.68. The number of nitro groups is 1. The van der Waals surface area contributed by atoms with Gasteiger partial charge in [0.15, 0.2) is 0 Å². The summed E-state index contributed by atoms with van der Waals surface area (Å²) < 4.78 is 25.7. The highest BCUT2D eigenvalue weighted by Gasteiger charge is 2.15. The number of nitro benzene ring substituents is 1. The lowest BCUT2D eigenvalue weighted by Gasteiger charge is -2.07. The summed E-state index contributed by atoms with van der Waals surface area (Å²) in [6.07, 6.45) is -0.260. The molecule has 0 saturated heterocycles. The molecule has 1 aromatic rings. The maximum absolute atomic E-state index is 11.7. The Kier molecular flexibility index (Phi) is 5.45. The van der Waals surface area contributed by atoms with Crippen LogP contribution in [0.25, 0.3) is 0 Å². The number of hydrogen-bond acceptors (Lipinski definition) is 5. The third kappa shape index (κ3) is 5.13. The molecule has 0 unspecified atom stereocenters. The van der Waals surface area contributed by atoms with E-state index in [1.807, 2.05) is 0 Å². The molecule has 0 amide bonds. The molecular formula is C10H11BrN2O6S. The molecule has 0 aliphatic heterocycles. The number of carboxylic acids is 1. The van der Waals surface area contributed by atoms with E-state index in [-0.39, 0.29) is 34.4 Å². The minimum atomic E-state index is -3.68. The third-order valence-corrected chi connectivity index (χ3v) is 4.23. The van der Waals surface area contributed by atoms with Gasteiger partial charge in [0.2, 0.25) is 10.0 Å². The highest BCUT2D eigenvalue weighted by Crippen LogP contribution is 2.28. The Bertz CT molecular complexity index is 631. The normalized spacial score (nSPS) is 11.1. The van der Waals surface area contributed by atoms with Crippen molar-refractivity contribution in [3.63, 3.8) is 0 Å². The van der Waals surface area contributed by atoms with Gasteiger partial charge in [-0.25, -0.2) is 8.42 Å². The Morgan fingerprint density at radius 3 is 2.60 bits per heavy atom. The highest BCUT2D eigenvalue weighted by molar-refractivity contribution is 9.10. The summed E-state index contributed by atoms with van der Waals surface area (Å²) >= 11 is 2.97. The Morgan fingerprint density at radius 2 is 2.10 bits per heavy atom. The van der Waals surface area contributed by atoms with Gasteiger partial charge in [-0.05, 0) is 34.5 Å². The first-order chi connectivity index (χ1) is 9.21. The van der Waals surface area contributed by atoms with Crippen molar-refractivity contribution in [1.82, 2.24) is 0 Å². The van der Waals surface area contributed by atoms with Crippen LogP contribution >= 0.6 is 15.9 Å². The largest absolute Gasteiger partial charge is 0.481 e. The standard InChI is InChI=1S/C10H11BrN2O6S/c11-8-6-7(3-4-9(8)13(16)17)12-20(18,19)5-1-2-10(14)15/h3-4,6,12H,1-2,5H2,(H,14,15). The second kappa shape index (κ2) is 6.66. The number of nitrogens with one attached hydrogen (secondary N) is 1. The Morgan fingerprint density at radius 1 is 1.45 bits per heavy atom. The SMILES string of the molecule is O=C(O)CCCS(=O)(=O)Nc1ccc([N+](=O)[O-])c(Br)c1. The number of halogens is 1. The molecule has 2 N–H and O–H groups in total. The van der Waals surface area contributed by atoms with E-state index in [2.05, 4.69) is 20.7 Å². The van der Waals surface area contributed by atoms with Crippen molar-refractivity contribution in [2.45, 2.75) is 12.8 Å². The first-order valence-electron chi connectivity index (χ1n) is 5.37. The van der Waals surface area contributed by atoms with E-state index in [9.17, 15) is 23.3 Å². The van der Waals surface area contributed by atoms with Gasteiger partial charge in [-0.1, -0.05) is 0 Å². The number of sulfonamides is 1. The number of benzene rings is 1. The van der Waals surface area contributed by atoms with Crippen molar-refractivity contribution in [2.24, 2.45) is 0 Å². The minimum absolute atomic E-state index is 0.0151. The lowest BCUT2D eigenvalue weighted by atomic mass is 10.3. The molecule has 0 aromatic heterocycles. The maximum Gasteiger partial charge on any atom is 0.303 e. The number of nitrogens with zero attached hydrogens (tertiary/aromatic N) is 1. The van der Waals surface area contributed by atoms with Gasteiger partial charge in [0.1, 0.15) is 0 Å². The monoisotopic (exact) mass is 366 g/mol. The molecule has 0 bridgehead atoms. The summed E-state index contributed by atoms with van der Waals surface area (Å²) in [5, 5.41) is 19.0. The number of aliphatic carboxylic acids is 1. The van der Waals surface area contributed by atoms with Crippen LogP contribution in [0, 0.1) is 10.1 Å². The second-order valence-corrected chi connectivity index (χ2v) is 6.54. The smallest absolute Gasteiger partial charge is 0.303 e. The second-order valence-electron chi connectivity index (χ2n) is 3.84. The van der Waals surface area contributed by atoms with Crippen LogP contribution in [0.3, 0.4) is 0 Å². The Hall–Kier alpha value is -1.68. The first-order valence-corrected chi connectivity index (χ1v) is 7.82. The zero-order chi connectivity index (χ0) is 15.3. The van der Waals surface area contributed by atoms with E-state index < -0.39 is 20.9 Å². The van der Waals surface area contributed by atoms with Crippen LogP contribution in [0.5, 0.6) is 0 Å². The number of rotatable bonds is 7. The molecule has 0 fully saturated rings. The van der Waals surface area contributed by atoms with Crippen molar-refractivity contribution in [2.75, 3.05) is 10.5 Å². The average molecular weight is 367 g/mol. The van der Waals surface area contributed by atoms with Crippen LogP contribution in [0.4, 0.5) is 11.4 Å². The van der Waals surface area contributed by atoms with E-state index in [0.29, 0.717) is 0 Å². The van der Waals surface area contributed by atoms with Crippen LogP contribution in [0.1, 0.15) is 12.8 Å². The average Bonchev–Trinajstić information content (AvgIpc) is 2.26. The molecule has 0 aliphatic rings. The van der Waals surface area contributed by atoms with E-state index in [1.165, 1.54) is 18.2 Å². The zero-order valence-corrected chi connectivity index (χ0v) is 12.5. The van der Waals surface area contributed by atoms with Crippen LogP contribution in [0.15, 0.2) is 22.7 Å². The highest BCUT2D eigenvalue weighted by atomic mass is 79.9. The molecule has 0 spiro atoms. The molecule has 0 saturated carbocycles. The van der Waals surface area contributed by atoms with Crippen molar-refractivity contribution in [1.29, 1.82) is 0 Å². The molecule has 1 rings (SSSR count). The summed E-state index contributed by atoms with van der Waals surface area (Å²) in [6, 6.07) is 3.70. The summed E-state index contributed by atoms with van der Waals surface area (Å²) in [5.41, 5.74) is -0.0170. The molecule has 0 heterocycles. The summed E-state index contributed by atoms with van der Waals surface area (Å²) in [5.74, 6) is -1.41. The molecule has 10 heteroatoms. The predicted octanol–water partition coefficient (Wildman–Crippen LogP) is 1.96. The Labute approximate surface area is 123 Å². The van der Waals surface area contributed by atoms with Gasteiger partial charge in [-0.2, -0.15) is 0 Å². The fourth-order valence-electron chi connectivity index (χ4n) is 1.36. The third-order valence-electron chi connectivity index (χ3n) is 2.22. The first kappa shape index (κ1) is 16.4. The quantitative estimate of drug-likeness (QED) is 0.560. The molecular weight excluding hydrogens is 356 g/mol. The van der Waals surface area contributed by atoms with Gasteiger partial charge in [0.05, 0.1) is 20.8 Å². The molecule has 0 atom stereocenters. The van der Waals surface area contributed by atoms with Crippen molar-refractivity contribution >= 4 is 43.3 Å². The fraction of sp³-hybridized carbons (Fsp3) is 0.300. The van der Waals surface area contributed by atoms with E-state index in [4.69, 9.17) is 5.11 Å². The van der Waals surface area contributed by atoms with Crippen molar-refractivity contribution in [3.8, 4) is 0 Å². The molecule has 0 radical (unpaired) electrons.